The van der Waals surface area contributed by atoms with Gasteiger partial charge in [-0.25, -0.2) is 0 Å². The molecule has 2 heterocycles. The molecule has 6 heteroatoms. The molecule has 1 aromatic carbocycles. The van der Waals surface area contributed by atoms with Crippen molar-refractivity contribution in [3.63, 3.8) is 0 Å². The van der Waals surface area contributed by atoms with E-state index in [0.717, 1.165) is 12.8 Å². The Morgan fingerprint density at radius 1 is 1.18 bits per heavy atom. The van der Waals surface area contributed by atoms with Gasteiger partial charge in [0.15, 0.2) is 11.5 Å². The van der Waals surface area contributed by atoms with Crippen molar-refractivity contribution in [2.75, 3.05) is 26.3 Å². The number of carbonyl (C=O) groups is 2. The molecule has 1 N–H and O–H groups in total. The molecule has 2 aliphatic heterocycles. The van der Waals surface area contributed by atoms with Crippen LogP contribution in [0.2, 0.25) is 0 Å². The lowest BCUT2D eigenvalue weighted by atomic mass is 10.0. The number of piperidine rings is 1. The van der Waals surface area contributed by atoms with Crippen LogP contribution in [0.3, 0.4) is 0 Å². The molecule has 2 amide bonds. The predicted molar refractivity (Wildman–Crippen MR) is 80.2 cm³/mol. The summed E-state index contributed by atoms with van der Waals surface area (Å²) in [6.45, 7) is 3.90. The van der Waals surface area contributed by atoms with Gasteiger partial charge in [0.1, 0.15) is 13.2 Å². The third-order valence-electron chi connectivity index (χ3n) is 4.09. The summed E-state index contributed by atoms with van der Waals surface area (Å²) in [5.41, 5.74) is 0.506. The molecule has 0 spiro atoms. The topological polar surface area (TPSA) is 67.9 Å². The average molecular weight is 304 g/mol. The molecule has 118 valence electrons. The van der Waals surface area contributed by atoms with Crippen LogP contribution in [0.1, 0.15) is 30.1 Å². The number of rotatable bonds is 2. The van der Waals surface area contributed by atoms with Gasteiger partial charge in [-0.1, -0.05) is 6.07 Å². The van der Waals surface area contributed by atoms with E-state index in [4.69, 9.17) is 9.47 Å². The van der Waals surface area contributed by atoms with Crippen molar-refractivity contribution in [3.8, 4) is 11.5 Å². The van der Waals surface area contributed by atoms with Gasteiger partial charge in [-0.2, -0.15) is 0 Å². The van der Waals surface area contributed by atoms with Gasteiger partial charge in [0.25, 0.3) is 5.91 Å². The van der Waals surface area contributed by atoms with E-state index in [2.05, 4.69) is 5.32 Å². The van der Waals surface area contributed by atoms with Crippen molar-refractivity contribution in [2.45, 2.75) is 25.8 Å². The van der Waals surface area contributed by atoms with Gasteiger partial charge in [0.05, 0.1) is 5.56 Å². The number of para-hydroxylation sites is 1. The number of carbonyl (C=O) groups excluding carboxylic acids is 2. The van der Waals surface area contributed by atoms with E-state index in [1.807, 2.05) is 4.90 Å². The smallest absolute Gasteiger partial charge is 0.255 e. The summed E-state index contributed by atoms with van der Waals surface area (Å²) in [4.78, 5) is 25.6. The maximum atomic E-state index is 12.5. The Labute approximate surface area is 129 Å². The van der Waals surface area contributed by atoms with E-state index >= 15 is 0 Å². The second-order valence-corrected chi connectivity index (χ2v) is 5.58. The number of fused-ring (bicyclic) bond motifs is 1. The molecule has 2 aliphatic rings. The lowest BCUT2D eigenvalue weighted by Gasteiger charge is -2.32. The van der Waals surface area contributed by atoms with Crippen LogP contribution in [-0.4, -0.2) is 49.1 Å². The second-order valence-electron chi connectivity index (χ2n) is 5.58. The van der Waals surface area contributed by atoms with Crippen LogP contribution in [0.4, 0.5) is 0 Å². The molecule has 1 fully saturated rings. The van der Waals surface area contributed by atoms with Gasteiger partial charge in [-0.15, -0.1) is 0 Å². The first-order valence-electron chi connectivity index (χ1n) is 7.60. The highest BCUT2D eigenvalue weighted by Gasteiger charge is 2.25. The lowest BCUT2D eigenvalue weighted by Crippen LogP contribution is -2.46. The summed E-state index contributed by atoms with van der Waals surface area (Å²) in [7, 11) is 0. The van der Waals surface area contributed by atoms with Gasteiger partial charge in [-0.05, 0) is 25.0 Å². The molecule has 0 unspecified atom stereocenters. The van der Waals surface area contributed by atoms with Crippen molar-refractivity contribution >= 4 is 11.8 Å². The van der Waals surface area contributed by atoms with Gasteiger partial charge < -0.3 is 19.7 Å². The number of nitrogens with one attached hydrogen (secondary N) is 1. The van der Waals surface area contributed by atoms with Crippen LogP contribution in [-0.2, 0) is 4.79 Å². The highest BCUT2D eigenvalue weighted by molar-refractivity contribution is 5.98. The largest absolute Gasteiger partial charge is 0.486 e. The zero-order valence-electron chi connectivity index (χ0n) is 12.6. The molecule has 0 radical (unpaired) electrons. The first kappa shape index (κ1) is 14.7. The molecular formula is C16H20N2O4. The minimum Gasteiger partial charge on any atom is -0.486 e. The van der Waals surface area contributed by atoms with Crippen molar-refractivity contribution < 1.29 is 19.1 Å². The molecular weight excluding hydrogens is 284 g/mol. The second kappa shape index (κ2) is 6.25. The Morgan fingerprint density at radius 2 is 1.91 bits per heavy atom. The van der Waals surface area contributed by atoms with Crippen LogP contribution in [0.5, 0.6) is 11.5 Å². The van der Waals surface area contributed by atoms with Crippen LogP contribution >= 0.6 is 0 Å². The van der Waals surface area contributed by atoms with Crippen LogP contribution in [0, 0.1) is 0 Å². The lowest BCUT2D eigenvalue weighted by molar-refractivity contribution is -0.129. The Hall–Kier alpha value is -2.24. The zero-order valence-corrected chi connectivity index (χ0v) is 12.6. The molecule has 0 bridgehead atoms. The number of hydrogen-bond acceptors (Lipinski definition) is 4. The van der Waals surface area contributed by atoms with E-state index in [1.54, 1.807) is 25.1 Å². The third kappa shape index (κ3) is 3.00. The highest BCUT2D eigenvalue weighted by atomic mass is 16.6. The fourth-order valence-corrected chi connectivity index (χ4v) is 2.85. The number of benzene rings is 1. The Bertz CT molecular complexity index is 580. The summed E-state index contributed by atoms with van der Waals surface area (Å²) in [6.07, 6.45) is 1.55. The van der Waals surface area contributed by atoms with E-state index in [9.17, 15) is 9.59 Å². The number of hydrogen-bond donors (Lipinski definition) is 1. The fourth-order valence-electron chi connectivity index (χ4n) is 2.85. The molecule has 3 rings (SSSR count). The summed E-state index contributed by atoms with van der Waals surface area (Å²) in [5, 5.41) is 3.03. The SMILES string of the molecule is CC(=O)N1CCC(NC(=O)c2cccc3c2OCCO3)CC1. The number of nitrogens with zero attached hydrogens (tertiary/aromatic N) is 1. The fraction of sp³-hybridized carbons (Fsp3) is 0.500. The first-order valence-corrected chi connectivity index (χ1v) is 7.60. The quantitative estimate of drug-likeness (QED) is 0.891. The van der Waals surface area contributed by atoms with Crippen molar-refractivity contribution in [3.05, 3.63) is 23.8 Å². The van der Waals surface area contributed by atoms with Gasteiger partial charge >= 0.3 is 0 Å². The van der Waals surface area contributed by atoms with Gasteiger partial charge in [0, 0.05) is 26.1 Å². The number of likely N-dealkylation sites (tertiary alicyclic amines) is 1. The molecule has 6 nitrogen and oxygen atoms in total. The summed E-state index contributed by atoms with van der Waals surface area (Å²) in [6, 6.07) is 5.42. The molecule has 1 saturated heterocycles. The highest BCUT2D eigenvalue weighted by Crippen LogP contribution is 2.33. The zero-order chi connectivity index (χ0) is 15.5. The van der Waals surface area contributed by atoms with Crippen molar-refractivity contribution in [1.82, 2.24) is 10.2 Å². The number of amides is 2. The van der Waals surface area contributed by atoms with E-state index in [0.29, 0.717) is 43.4 Å². The van der Waals surface area contributed by atoms with Crippen molar-refractivity contribution in [2.24, 2.45) is 0 Å². The van der Waals surface area contributed by atoms with Gasteiger partial charge in [-0.3, -0.25) is 9.59 Å². The third-order valence-corrected chi connectivity index (χ3v) is 4.09. The minimum absolute atomic E-state index is 0.0865. The molecule has 0 aromatic heterocycles. The maximum absolute atomic E-state index is 12.5. The molecule has 1 aromatic rings. The van der Waals surface area contributed by atoms with E-state index < -0.39 is 0 Å². The minimum atomic E-state index is -0.149. The standard InChI is InChI=1S/C16H20N2O4/c1-11(19)18-7-5-12(6-8-18)17-16(20)13-3-2-4-14-15(13)22-10-9-21-14/h2-4,12H,5-10H2,1H3,(H,17,20). The predicted octanol–water partition coefficient (Wildman–Crippen LogP) is 1.20. The van der Waals surface area contributed by atoms with E-state index in [1.165, 1.54) is 0 Å². The Morgan fingerprint density at radius 3 is 2.64 bits per heavy atom. The molecule has 0 aliphatic carbocycles. The molecule has 0 atom stereocenters. The summed E-state index contributed by atoms with van der Waals surface area (Å²) < 4.78 is 11.1. The Balaban J connectivity index is 1.65. The summed E-state index contributed by atoms with van der Waals surface area (Å²) >= 11 is 0. The monoisotopic (exact) mass is 304 g/mol. The summed E-state index contributed by atoms with van der Waals surface area (Å²) in [5.74, 6) is 1.08. The number of ether oxygens (including phenoxy) is 2. The Kier molecular flexibility index (Phi) is 4.18. The average Bonchev–Trinajstić information content (AvgIpc) is 2.54. The van der Waals surface area contributed by atoms with Crippen LogP contribution < -0.4 is 14.8 Å². The maximum Gasteiger partial charge on any atom is 0.255 e. The van der Waals surface area contributed by atoms with Gasteiger partial charge in [0.2, 0.25) is 5.91 Å². The first-order chi connectivity index (χ1) is 10.6. The van der Waals surface area contributed by atoms with Crippen molar-refractivity contribution in [1.29, 1.82) is 0 Å². The normalized spacial score (nSPS) is 18.0. The van der Waals surface area contributed by atoms with Crippen LogP contribution in [0.15, 0.2) is 18.2 Å². The van der Waals surface area contributed by atoms with Crippen LogP contribution in [0.25, 0.3) is 0 Å². The molecule has 22 heavy (non-hydrogen) atoms. The van der Waals surface area contributed by atoms with E-state index in [-0.39, 0.29) is 17.9 Å². The molecule has 0 saturated carbocycles.